The Morgan fingerprint density at radius 2 is 1.09 bits per heavy atom. The monoisotopic (exact) mass is 600 g/mol. The summed E-state index contributed by atoms with van der Waals surface area (Å²) in [5.74, 6) is 0.611. The Balaban J connectivity index is 1.21. The maximum Gasteiger partial charge on any atom is 0.227 e. The van der Waals surface area contributed by atoms with Gasteiger partial charge in [0.25, 0.3) is 0 Å². The second kappa shape index (κ2) is 9.09. The number of benzene rings is 8. The van der Waals surface area contributed by atoms with E-state index in [0.717, 1.165) is 55.1 Å². The van der Waals surface area contributed by atoms with Crippen molar-refractivity contribution in [3.8, 4) is 17.1 Å². The van der Waals surface area contributed by atoms with Gasteiger partial charge in [-0.3, -0.25) is 0 Å². The van der Waals surface area contributed by atoms with Crippen LogP contribution < -0.4 is 0 Å². The van der Waals surface area contributed by atoms with E-state index in [0.29, 0.717) is 5.89 Å². The Morgan fingerprint density at radius 1 is 0.447 bits per heavy atom. The number of nitrogens with zero attached hydrogens (tertiary/aromatic N) is 2. The number of fused-ring (bicyclic) bond motifs is 13. The molecule has 11 rings (SSSR count). The zero-order valence-corrected chi connectivity index (χ0v) is 25.1. The van der Waals surface area contributed by atoms with Gasteiger partial charge in [0, 0.05) is 44.2 Å². The SMILES string of the molecule is c1ccc2c(c1)ccc1c2c2c3ccccc3ccc2n1-c1ccc2c(c1)oc1c3ccccc3c(-c3nc4ccccc4o3)cc21. The van der Waals surface area contributed by atoms with Crippen molar-refractivity contribution < 1.29 is 8.83 Å². The van der Waals surface area contributed by atoms with Crippen LogP contribution in [-0.4, -0.2) is 9.55 Å². The van der Waals surface area contributed by atoms with E-state index in [4.69, 9.17) is 13.8 Å². The Hall–Kier alpha value is -6.39. The quantitative estimate of drug-likeness (QED) is 0.198. The third-order valence-electron chi connectivity index (χ3n) is 9.79. The highest BCUT2D eigenvalue weighted by atomic mass is 16.3. The second-order valence-electron chi connectivity index (χ2n) is 12.3. The molecule has 0 atom stereocenters. The normalized spacial score (nSPS) is 12.3. The maximum atomic E-state index is 6.75. The lowest BCUT2D eigenvalue weighted by Crippen LogP contribution is -1.93. The number of para-hydroxylation sites is 2. The number of hydrogen-bond donors (Lipinski definition) is 0. The summed E-state index contributed by atoms with van der Waals surface area (Å²) in [4.78, 5) is 4.85. The summed E-state index contributed by atoms with van der Waals surface area (Å²) >= 11 is 0. The van der Waals surface area contributed by atoms with Crippen LogP contribution in [0.3, 0.4) is 0 Å². The Bertz CT molecular complexity index is 2960. The van der Waals surface area contributed by atoms with Gasteiger partial charge in [0.2, 0.25) is 5.89 Å². The van der Waals surface area contributed by atoms with E-state index in [1.165, 1.54) is 43.4 Å². The highest BCUT2D eigenvalue weighted by Gasteiger charge is 2.21. The molecule has 47 heavy (non-hydrogen) atoms. The van der Waals surface area contributed by atoms with Crippen LogP contribution in [-0.2, 0) is 0 Å². The van der Waals surface area contributed by atoms with Gasteiger partial charge < -0.3 is 13.4 Å². The summed E-state index contributed by atoms with van der Waals surface area (Å²) in [6.07, 6.45) is 0. The van der Waals surface area contributed by atoms with Crippen LogP contribution in [0.1, 0.15) is 0 Å². The van der Waals surface area contributed by atoms with Gasteiger partial charge in [-0.15, -0.1) is 0 Å². The second-order valence-corrected chi connectivity index (χ2v) is 12.3. The van der Waals surface area contributed by atoms with Crippen molar-refractivity contribution in [1.82, 2.24) is 9.55 Å². The number of rotatable bonds is 2. The number of hydrogen-bond acceptors (Lipinski definition) is 3. The third-order valence-corrected chi connectivity index (χ3v) is 9.79. The number of furan rings is 1. The molecule has 0 saturated heterocycles. The summed E-state index contributed by atoms with van der Waals surface area (Å²) in [5.41, 5.74) is 7.70. The molecule has 0 bridgehead atoms. The number of oxazole rings is 1. The molecule has 4 heteroatoms. The van der Waals surface area contributed by atoms with Crippen LogP contribution in [0.2, 0.25) is 0 Å². The van der Waals surface area contributed by atoms with E-state index in [1.807, 2.05) is 24.3 Å². The van der Waals surface area contributed by atoms with E-state index in [2.05, 4.69) is 126 Å². The molecule has 0 N–H and O–H groups in total. The molecule has 3 aromatic heterocycles. The fraction of sp³-hybridized carbons (Fsp3) is 0. The minimum absolute atomic E-state index is 0.611. The Kier molecular flexibility index (Phi) is 4.81. The first kappa shape index (κ1) is 24.9. The van der Waals surface area contributed by atoms with Gasteiger partial charge in [-0.05, 0) is 69.4 Å². The fourth-order valence-corrected chi connectivity index (χ4v) is 7.72. The molecule has 3 heterocycles. The van der Waals surface area contributed by atoms with Gasteiger partial charge >= 0.3 is 0 Å². The molecule has 218 valence electrons. The summed E-state index contributed by atoms with van der Waals surface area (Å²) < 4.78 is 15.4. The van der Waals surface area contributed by atoms with Crippen LogP contribution >= 0.6 is 0 Å². The first-order chi connectivity index (χ1) is 23.3. The van der Waals surface area contributed by atoms with Crippen molar-refractivity contribution in [1.29, 1.82) is 0 Å². The van der Waals surface area contributed by atoms with E-state index >= 15 is 0 Å². The highest BCUT2D eigenvalue weighted by molar-refractivity contribution is 6.28. The molecule has 4 nitrogen and oxygen atoms in total. The molecule has 0 radical (unpaired) electrons. The molecule has 0 aliphatic carbocycles. The van der Waals surface area contributed by atoms with Crippen LogP contribution in [0.4, 0.5) is 0 Å². The first-order valence-electron chi connectivity index (χ1n) is 15.9. The smallest absolute Gasteiger partial charge is 0.227 e. The molecule has 0 fully saturated rings. The van der Waals surface area contributed by atoms with Crippen LogP contribution in [0.25, 0.3) is 104 Å². The first-order valence-corrected chi connectivity index (χ1v) is 15.9. The van der Waals surface area contributed by atoms with Crippen molar-refractivity contribution in [2.75, 3.05) is 0 Å². The van der Waals surface area contributed by atoms with Crippen molar-refractivity contribution in [3.05, 3.63) is 146 Å². The predicted molar refractivity (Wildman–Crippen MR) is 194 cm³/mol. The maximum absolute atomic E-state index is 6.75. The van der Waals surface area contributed by atoms with Crippen LogP contribution in [0, 0.1) is 0 Å². The van der Waals surface area contributed by atoms with Gasteiger partial charge in [-0.1, -0.05) is 97.1 Å². The van der Waals surface area contributed by atoms with Crippen LogP contribution in [0.5, 0.6) is 0 Å². The molecule has 0 aliphatic rings. The standard InChI is InChI=1S/C43H24N2O2/c1-3-11-28-25(9-1)17-21-36-40(28)41-29-12-4-2-10-26(29)18-22-37(41)45(36)27-19-20-31-33-24-34(43-44-35-15-7-8-16-38(35)47-43)30-13-5-6-14-32(30)42(33)46-39(31)23-27/h1-24H. The lowest BCUT2D eigenvalue weighted by Gasteiger charge is -2.08. The molecule has 0 saturated carbocycles. The molecule has 0 aliphatic heterocycles. The van der Waals surface area contributed by atoms with Crippen molar-refractivity contribution in [3.63, 3.8) is 0 Å². The molecule has 8 aromatic carbocycles. The topological polar surface area (TPSA) is 44.1 Å². The highest BCUT2D eigenvalue weighted by Crippen LogP contribution is 2.43. The van der Waals surface area contributed by atoms with Gasteiger partial charge in [-0.25, -0.2) is 4.98 Å². The van der Waals surface area contributed by atoms with Gasteiger partial charge in [0.15, 0.2) is 5.58 Å². The molecular formula is C43H24N2O2. The minimum atomic E-state index is 0.611. The Labute approximate surface area is 267 Å². The lowest BCUT2D eigenvalue weighted by molar-refractivity contribution is 0.620. The van der Waals surface area contributed by atoms with Crippen LogP contribution in [0.15, 0.2) is 154 Å². The summed E-state index contributed by atoms with van der Waals surface area (Å²) in [7, 11) is 0. The van der Waals surface area contributed by atoms with Crippen molar-refractivity contribution in [2.45, 2.75) is 0 Å². The molecule has 0 unspecified atom stereocenters. The molecular weight excluding hydrogens is 576 g/mol. The largest absolute Gasteiger partial charge is 0.455 e. The van der Waals surface area contributed by atoms with Crippen molar-refractivity contribution >= 4 is 87.2 Å². The van der Waals surface area contributed by atoms with Crippen molar-refractivity contribution in [2.24, 2.45) is 0 Å². The minimum Gasteiger partial charge on any atom is -0.455 e. The zero-order chi connectivity index (χ0) is 30.6. The fourth-order valence-electron chi connectivity index (χ4n) is 7.72. The predicted octanol–water partition coefficient (Wildman–Crippen LogP) is 12.0. The molecule has 0 amide bonds. The third kappa shape index (κ3) is 3.39. The number of aromatic nitrogens is 2. The summed E-state index contributed by atoms with van der Waals surface area (Å²) in [6, 6.07) is 51.4. The average Bonchev–Trinajstić information content (AvgIpc) is 3.83. The summed E-state index contributed by atoms with van der Waals surface area (Å²) in [5, 5.41) is 11.7. The Morgan fingerprint density at radius 3 is 1.81 bits per heavy atom. The van der Waals surface area contributed by atoms with E-state index < -0.39 is 0 Å². The van der Waals surface area contributed by atoms with Gasteiger partial charge in [0.1, 0.15) is 16.7 Å². The van der Waals surface area contributed by atoms with Gasteiger partial charge in [-0.2, -0.15) is 0 Å². The van der Waals surface area contributed by atoms with E-state index in [-0.39, 0.29) is 0 Å². The lowest BCUT2D eigenvalue weighted by atomic mass is 10.00. The zero-order valence-electron chi connectivity index (χ0n) is 25.1. The van der Waals surface area contributed by atoms with E-state index in [1.54, 1.807) is 0 Å². The summed E-state index contributed by atoms with van der Waals surface area (Å²) in [6.45, 7) is 0. The average molecular weight is 601 g/mol. The van der Waals surface area contributed by atoms with E-state index in [9.17, 15) is 0 Å². The van der Waals surface area contributed by atoms with Gasteiger partial charge in [0.05, 0.1) is 11.0 Å². The molecule has 11 aromatic rings. The molecule has 0 spiro atoms.